The van der Waals surface area contributed by atoms with E-state index >= 15 is 0 Å². The van der Waals surface area contributed by atoms with Gasteiger partial charge >= 0.3 is 0 Å². The van der Waals surface area contributed by atoms with E-state index in [9.17, 15) is 18.0 Å². The summed E-state index contributed by atoms with van der Waals surface area (Å²) in [5, 5.41) is 3.52. The van der Waals surface area contributed by atoms with Crippen LogP contribution in [-0.4, -0.2) is 50.4 Å². The number of hydrogen-bond donors (Lipinski definition) is 1. The zero-order chi connectivity index (χ0) is 30.0. The molecule has 2 amide bonds. The molecule has 0 fully saturated rings. The van der Waals surface area contributed by atoms with Crippen molar-refractivity contribution in [2.75, 3.05) is 17.5 Å². The molecule has 0 spiro atoms. The number of hydrogen-bond acceptors (Lipinski definition) is 5. The number of anilines is 1. The van der Waals surface area contributed by atoms with Crippen LogP contribution >= 0.6 is 11.6 Å². The van der Waals surface area contributed by atoms with Crippen molar-refractivity contribution in [1.29, 1.82) is 0 Å². The first-order chi connectivity index (χ1) is 19.6. The van der Waals surface area contributed by atoms with Gasteiger partial charge in [-0.1, -0.05) is 55.8 Å². The van der Waals surface area contributed by atoms with Crippen molar-refractivity contribution in [2.24, 2.45) is 0 Å². The van der Waals surface area contributed by atoms with Gasteiger partial charge in [0.25, 0.3) is 10.0 Å². The van der Waals surface area contributed by atoms with Crippen molar-refractivity contribution in [2.45, 2.75) is 64.1 Å². The van der Waals surface area contributed by atoms with Crippen molar-refractivity contribution in [3.63, 3.8) is 0 Å². The first kappa shape index (κ1) is 32.0. The lowest BCUT2D eigenvalue weighted by molar-refractivity contribution is -0.140. The van der Waals surface area contributed by atoms with Crippen LogP contribution in [0, 0.1) is 0 Å². The van der Waals surface area contributed by atoms with Gasteiger partial charge in [-0.25, -0.2) is 8.42 Å². The molecule has 0 aliphatic carbocycles. The molecule has 0 bridgehead atoms. The third-order valence-corrected chi connectivity index (χ3v) is 8.74. The Morgan fingerprint density at radius 2 is 1.54 bits per heavy atom. The van der Waals surface area contributed by atoms with E-state index in [2.05, 4.69) is 5.32 Å². The Kier molecular flexibility index (Phi) is 11.6. The molecular formula is C31H38ClN3O5S. The fourth-order valence-electron chi connectivity index (χ4n) is 4.27. The summed E-state index contributed by atoms with van der Waals surface area (Å²) < 4.78 is 34.4. The molecule has 0 radical (unpaired) electrons. The SMILES string of the molecule is CCOc1ccc(S(=O)(=O)N(CC(=O)N(Cc2ccc(Cl)cc2)[C@H](CC)C(=O)N[C@H](C)CC)c2ccccc2)cc1. The minimum Gasteiger partial charge on any atom is -0.494 e. The molecular weight excluding hydrogens is 562 g/mol. The van der Waals surface area contributed by atoms with Crippen LogP contribution in [0.15, 0.2) is 83.8 Å². The number of para-hydroxylation sites is 1. The van der Waals surface area contributed by atoms with E-state index in [1.165, 1.54) is 17.0 Å². The van der Waals surface area contributed by atoms with Gasteiger partial charge in [-0.3, -0.25) is 13.9 Å². The Morgan fingerprint density at radius 1 is 0.902 bits per heavy atom. The van der Waals surface area contributed by atoms with Crippen LogP contribution in [0.4, 0.5) is 5.69 Å². The number of halogens is 1. The summed E-state index contributed by atoms with van der Waals surface area (Å²) in [4.78, 5) is 28.9. The third kappa shape index (κ3) is 8.47. The van der Waals surface area contributed by atoms with Gasteiger partial charge in [-0.05, 0) is 80.8 Å². The lowest BCUT2D eigenvalue weighted by Gasteiger charge is -2.33. The molecule has 3 aromatic rings. The molecule has 3 rings (SSSR count). The fourth-order valence-corrected chi connectivity index (χ4v) is 5.81. The van der Waals surface area contributed by atoms with Gasteiger partial charge in [0.05, 0.1) is 17.2 Å². The first-order valence-corrected chi connectivity index (χ1v) is 15.6. The molecule has 0 aromatic heterocycles. The summed E-state index contributed by atoms with van der Waals surface area (Å²) >= 11 is 6.07. The van der Waals surface area contributed by atoms with Gasteiger partial charge < -0.3 is 15.0 Å². The zero-order valence-corrected chi connectivity index (χ0v) is 25.5. The average molecular weight is 600 g/mol. The van der Waals surface area contributed by atoms with Gasteiger partial charge in [-0.2, -0.15) is 0 Å². The highest BCUT2D eigenvalue weighted by Gasteiger charge is 2.34. The predicted octanol–water partition coefficient (Wildman–Crippen LogP) is 5.66. The molecule has 0 heterocycles. The van der Waals surface area contributed by atoms with Crippen molar-refractivity contribution in [3.05, 3.63) is 89.4 Å². The smallest absolute Gasteiger partial charge is 0.264 e. The number of amides is 2. The largest absolute Gasteiger partial charge is 0.494 e. The maximum Gasteiger partial charge on any atom is 0.264 e. The molecule has 8 nitrogen and oxygen atoms in total. The van der Waals surface area contributed by atoms with Crippen LogP contribution in [0.1, 0.15) is 46.1 Å². The van der Waals surface area contributed by atoms with E-state index in [0.29, 0.717) is 29.5 Å². The van der Waals surface area contributed by atoms with Crippen molar-refractivity contribution < 1.29 is 22.7 Å². The number of nitrogens with zero attached hydrogens (tertiary/aromatic N) is 2. The van der Waals surface area contributed by atoms with Crippen LogP contribution in [-0.2, 0) is 26.2 Å². The maximum absolute atomic E-state index is 14.1. The summed E-state index contributed by atoms with van der Waals surface area (Å²) in [6.07, 6.45) is 1.08. The minimum absolute atomic E-state index is 0.0170. The fraction of sp³-hybridized carbons (Fsp3) is 0.355. The highest BCUT2D eigenvalue weighted by atomic mass is 35.5. The number of rotatable bonds is 14. The second kappa shape index (κ2) is 14.9. The maximum atomic E-state index is 14.1. The molecule has 0 saturated heterocycles. The minimum atomic E-state index is -4.16. The van der Waals surface area contributed by atoms with Crippen molar-refractivity contribution in [1.82, 2.24) is 10.2 Å². The van der Waals surface area contributed by atoms with Crippen LogP contribution in [0.25, 0.3) is 0 Å². The Morgan fingerprint density at radius 3 is 2.10 bits per heavy atom. The van der Waals surface area contributed by atoms with E-state index in [4.69, 9.17) is 16.3 Å². The summed E-state index contributed by atoms with van der Waals surface area (Å²) in [5.74, 6) is -0.254. The van der Waals surface area contributed by atoms with Gasteiger partial charge in [0.15, 0.2) is 0 Å². The van der Waals surface area contributed by atoms with E-state index < -0.39 is 28.5 Å². The Labute approximate surface area is 248 Å². The van der Waals surface area contributed by atoms with Crippen molar-refractivity contribution in [3.8, 4) is 5.75 Å². The van der Waals surface area contributed by atoms with Crippen molar-refractivity contribution >= 4 is 39.1 Å². The summed E-state index contributed by atoms with van der Waals surface area (Å²) in [6.45, 7) is 7.59. The van der Waals surface area contributed by atoms with Gasteiger partial charge in [0.1, 0.15) is 18.3 Å². The zero-order valence-electron chi connectivity index (χ0n) is 23.9. The molecule has 10 heteroatoms. The van der Waals surface area contributed by atoms with Crippen LogP contribution in [0.3, 0.4) is 0 Å². The second-order valence-corrected chi connectivity index (χ2v) is 11.9. The molecule has 0 aliphatic heterocycles. The Bertz CT molecular complexity index is 1380. The van der Waals surface area contributed by atoms with Gasteiger partial charge in [-0.15, -0.1) is 0 Å². The van der Waals surface area contributed by atoms with E-state index in [1.807, 2.05) is 27.7 Å². The number of sulfonamides is 1. The van der Waals surface area contributed by atoms with Crippen LogP contribution < -0.4 is 14.4 Å². The molecule has 0 saturated carbocycles. The highest BCUT2D eigenvalue weighted by Crippen LogP contribution is 2.26. The van der Waals surface area contributed by atoms with E-state index in [-0.39, 0.29) is 23.4 Å². The molecule has 220 valence electrons. The highest BCUT2D eigenvalue weighted by molar-refractivity contribution is 7.92. The van der Waals surface area contributed by atoms with Gasteiger partial charge in [0.2, 0.25) is 11.8 Å². The molecule has 0 aliphatic rings. The van der Waals surface area contributed by atoms with Crippen LogP contribution in [0.5, 0.6) is 5.75 Å². The lowest BCUT2D eigenvalue weighted by atomic mass is 10.1. The van der Waals surface area contributed by atoms with E-state index in [1.54, 1.807) is 66.7 Å². The number of carbonyl (C=O) groups is 2. The predicted molar refractivity (Wildman–Crippen MR) is 163 cm³/mol. The number of benzene rings is 3. The first-order valence-electron chi connectivity index (χ1n) is 13.8. The Balaban J connectivity index is 2.02. The monoisotopic (exact) mass is 599 g/mol. The number of nitrogens with one attached hydrogen (secondary N) is 1. The van der Waals surface area contributed by atoms with E-state index in [0.717, 1.165) is 16.3 Å². The normalized spacial score (nSPS) is 12.7. The average Bonchev–Trinajstić information content (AvgIpc) is 2.97. The topological polar surface area (TPSA) is 96.0 Å². The molecule has 3 aromatic carbocycles. The lowest BCUT2D eigenvalue weighted by Crippen LogP contribution is -2.53. The summed E-state index contributed by atoms with van der Waals surface area (Å²) in [6, 6.07) is 20.7. The molecule has 2 atom stereocenters. The number of carbonyl (C=O) groups excluding carboxylic acids is 2. The van der Waals surface area contributed by atoms with Gasteiger partial charge in [0, 0.05) is 17.6 Å². The molecule has 0 unspecified atom stereocenters. The molecule has 1 N–H and O–H groups in total. The molecule has 41 heavy (non-hydrogen) atoms. The second-order valence-electron chi connectivity index (χ2n) is 9.64. The summed E-state index contributed by atoms with van der Waals surface area (Å²) in [5.41, 5.74) is 1.09. The third-order valence-electron chi connectivity index (χ3n) is 6.70. The number of ether oxygens (including phenoxy) is 1. The quantitative estimate of drug-likeness (QED) is 0.258. The standard InChI is InChI=1S/C31H38ClN3O5S/c1-5-23(4)33-31(37)29(6-2)34(21-24-13-15-25(32)16-14-24)30(36)22-35(26-11-9-8-10-12-26)41(38,39)28-19-17-27(18-20-28)40-7-3/h8-20,23,29H,5-7,21-22H2,1-4H3,(H,33,37)/t23-,29-/m1/s1. The Hall–Kier alpha value is -3.56. The van der Waals surface area contributed by atoms with Crippen LogP contribution in [0.2, 0.25) is 5.02 Å². The summed E-state index contributed by atoms with van der Waals surface area (Å²) in [7, 11) is -4.16.